The molecule has 1 fully saturated rings. The van der Waals surface area contributed by atoms with E-state index in [2.05, 4.69) is 25.9 Å². The van der Waals surface area contributed by atoms with Crippen LogP contribution in [0.15, 0.2) is 29.5 Å². The lowest BCUT2D eigenvalue weighted by Crippen LogP contribution is -2.42. The standard InChI is InChI=1S/C15H23N5O.HI/c1-2-17-15(20-12-6-3-4-7-12)18-11-14(21)19-13-8-5-9-16-10-13;/h5,8-10,12H,2-4,6-7,11H2,1H3,(H,19,21)(H2,17,18,20);1H. The van der Waals surface area contributed by atoms with Crippen LogP contribution in [0.2, 0.25) is 0 Å². The van der Waals surface area contributed by atoms with E-state index in [1.165, 1.54) is 25.7 Å². The van der Waals surface area contributed by atoms with Crippen LogP contribution in [-0.4, -0.2) is 36.0 Å². The van der Waals surface area contributed by atoms with E-state index in [0.29, 0.717) is 17.7 Å². The van der Waals surface area contributed by atoms with Crippen LogP contribution >= 0.6 is 24.0 Å². The van der Waals surface area contributed by atoms with Gasteiger partial charge in [-0.25, -0.2) is 4.99 Å². The lowest BCUT2D eigenvalue weighted by molar-refractivity contribution is -0.114. The van der Waals surface area contributed by atoms with E-state index < -0.39 is 0 Å². The molecule has 6 nitrogen and oxygen atoms in total. The second-order valence-corrected chi connectivity index (χ2v) is 5.11. The molecule has 1 amide bonds. The molecule has 0 radical (unpaired) electrons. The fourth-order valence-corrected chi connectivity index (χ4v) is 2.37. The summed E-state index contributed by atoms with van der Waals surface area (Å²) in [5.41, 5.74) is 0.687. The van der Waals surface area contributed by atoms with Gasteiger partial charge in [0, 0.05) is 18.8 Å². The zero-order valence-corrected chi connectivity index (χ0v) is 15.2. The molecule has 1 saturated carbocycles. The summed E-state index contributed by atoms with van der Waals surface area (Å²) in [6.45, 7) is 2.89. The zero-order valence-electron chi connectivity index (χ0n) is 12.8. The third-order valence-corrected chi connectivity index (χ3v) is 3.37. The highest BCUT2D eigenvalue weighted by Crippen LogP contribution is 2.17. The van der Waals surface area contributed by atoms with Crippen LogP contribution in [-0.2, 0) is 4.79 Å². The number of halogens is 1. The minimum absolute atomic E-state index is 0. The Balaban J connectivity index is 0.00000242. The molecule has 0 aliphatic heterocycles. The second kappa shape index (κ2) is 10.4. The molecule has 7 heteroatoms. The van der Waals surface area contributed by atoms with Crippen molar-refractivity contribution in [3.63, 3.8) is 0 Å². The third kappa shape index (κ3) is 6.59. The minimum Gasteiger partial charge on any atom is -0.357 e. The van der Waals surface area contributed by atoms with Crippen molar-refractivity contribution in [2.24, 2.45) is 4.99 Å². The molecular weight excluding hydrogens is 393 g/mol. The first-order chi connectivity index (χ1) is 10.3. The van der Waals surface area contributed by atoms with Crippen molar-refractivity contribution in [3.05, 3.63) is 24.5 Å². The number of pyridine rings is 1. The van der Waals surface area contributed by atoms with E-state index >= 15 is 0 Å². The third-order valence-electron chi connectivity index (χ3n) is 3.37. The Hall–Kier alpha value is -1.38. The number of hydrogen-bond acceptors (Lipinski definition) is 3. The molecule has 0 atom stereocenters. The number of nitrogens with one attached hydrogen (secondary N) is 3. The quantitative estimate of drug-likeness (QED) is 0.390. The number of amides is 1. The molecule has 122 valence electrons. The maximum atomic E-state index is 11.9. The van der Waals surface area contributed by atoms with E-state index in [0.717, 1.165) is 6.54 Å². The Morgan fingerprint density at radius 1 is 1.41 bits per heavy atom. The number of anilines is 1. The SMILES string of the molecule is CCNC(=NCC(=O)Nc1cccnc1)NC1CCCC1.I. The van der Waals surface area contributed by atoms with Gasteiger partial charge in [-0.05, 0) is 31.9 Å². The van der Waals surface area contributed by atoms with Gasteiger partial charge < -0.3 is 16.0 Å². The molecule has 1 aromatic heterocycles. The Kier molecular flexibility index (Phi) is 8.79. The van der Waals surface area contributed by atoms with Crippen LogP contribution in [0.3, 0.4) is 0 Å². The van der Waals surface area contributed by atoms with Gasteiger partial charge in [0.05, 0.1) is 11.9 Å². The number of guanidine groups is 1. The largest absolute Gasteiger partial charge is 0.357 e. The highest BCUT2D eigenvalue weighted by atomic mass is 127. The Morgan fingerprint density at radius 2 is 2.18 bits per heavy atom. The average molecular weight is 417 g/mol. The lowest BCUT2D eigenvalue weighted by atomic mass is 10.2. The van der Waals surface area contributed by atoms with Crippen molar-refractivity contribution >= 4 is 41.5 Å². The molecule has 0 aromatic carbocycles. The van der Waals surface area contributed by atoms with Gasteiger partial charge in [0.25, 0.3) is 0 Å². The molecule has 1 aliphatic rings. The highest BCUT2D eigenvalue weighted by molar-refractivity contribution is 14.0. The van der Waals surface area contributed by atoms with E-state index in [9.17, 15) is 4.79 Å². The molecule has 22 heavy (non-hydrogen) atoms. The molecule has 1 aliphatic carbocycles. The Labute approximate surface area is 148 Å². The van der Waals surface area contributed by atoms with E-state index in [-0.39, 0.29) is 36.4 Å². The summed E-state index contributed by atoms with van der Waals surface area (Å²) in [5, 5.41) is 9.33. The van der Waals surface area contributed by atoms with Gasteiger partial charge in [-0.3, -0.25) is 9.78 Å². The number of aromatic nitrogens is 1. The maximum absolute atomic E-state index is 11.9. The molecule has 0 unspecified atom stereocenters. The normalized spacial score (nSPS) is 15.0. The van der Waals surface area contributed by atoms with Crippen LogP contribution in [0.5, 0.6) is 0 Å². The van der Waals surface area contributed by atoms with Gasteiger partial charge in [0.1, 0.15) is 6.54 Å². The number of carbonyl (C=O) groups excluding carboxylic acids is 1. The van der Waals surface area contributed by atoms with E-state index in [1.54, 1.807) is 24.5 Å². The summed E-state index contributed by atoms with van der Waals surface area (Å²) >= 11 is 0. The van der Waals surface area contributed by atoms with Gasteiger partial charge in [-0.2, -0.15) is 0 Å². The van der Waals surface area contributed by atoms with Crippen LogP contribution in [0.4, 0.5) is 5.69 Å². The average Bonchev–Trinajstić information content (AvgIpc) is 2.99. The predicted octanol–water partition coefficient (Wildman–Crippen LogP) is 2.14. The molecule has 0 spiro atoms. The van der Waals surface area contributed by atoms with Gasteiger partial charge in [0.15, 0.2) is 5.96 Å². The van der Waals surface area contributed by atoms with Gasteiger partial charge >= 0.3 is 0 Å². The summed E-state index contributed by atoms with van der Waals surface area (Å²) in [6, 6.07) is 4.06. The first kappa shape index (κ1) is 18.7. The van der Waals surface area contributed by atoms with Crippen molar-refractivity contribution < 1.29 is 4.79 Å². The van der Waals surface area contributed by atoms with Crippen molar-refractivity contribution in [1.29, 1.82) is 0 Å². The van der Waals surface area contributed by atoms with Crippen LogP contribution < -0.4 is 16.0 Å². The molecular formula is C15H24IN5O. The van der Waals surface area contributed by atoms with Crippen molar-refractivity contribution in [3.8, 4) is 0 Å². The molecule has 1 heterocycles. The van der Waals surface area contributed by atoms with Gasteiger partial charge in [-0.15, -0.1) is 24.0 Å². The second-order valence-electron chi connectivity index (χ2n) is 5.11. The smallest absolute Gasteiger partial charge is 0.246 e. The van der Waals surface area contributed by atoms with E-state index in [1.807, 2.05) is 6.92 Å². The van der Waals surface area contributed by atoms with Crippen molar-refractivity contribution in [2.75, 3.05) is 18.4 Å². The zero-order chi connectivity index (χ0) is 14.9. The summed E-state index contributed by atoms with van der Waals surface area (Å²) < 4.78 is 0. The topological polar surface area (TPSA) is 78.4 Å². The Morgan fingerprint density at radius 3 is 2.82 bits per heavy atom. The fraction of sp³-hybridized carbons (Fsp3) is 0.533. The summed E-state index contributed by atoms with van der Waals surface area (Å²) in [7, 11) is 0. The monoisotopic (exact) mass is 417 g/mol. The van der Waals surface area contributed by atoms with E-state index in [4.69, 9.17) is 0 Å². The van der Waals surface area contributed by atoms with Crippen molar-refractivity contribution in [2.45, 2.75) is 38.6 Å². The van der Waals surface area contributed by atoms with Crippen LogP contribution in [0.1, 0.15) is 32.6 Å². The van der Waals surface area contributed by atoms with Crippen molar-refractivity contribution in [1.82, 2.24) is 15.6 Å². The molecule has 2 rings (SSSR count). The maximum Gasteiger partial charge on any atom is 0.246 e. The first-order valence-electron chi connectivity index (χ1n) is 7.52. The first-order valence-corrected chi connectivity index (χ1v) is 7.52. The molecule has 0 saturated heterocycles. The lowest BCUT2D eigenvalue weighted by Gasteiger charge is -2.16. The van der Waals surface area contributed by atoms with Crippen LogP contribution in [0.25, 0.3) is 0 Å². The number of carbonyl (C=O) groups is 1. The number of aliphatic imine (C=N–C) groups is 1. The fourth-order valence-electron chi connectivity index (χ4n) is 2.37. The minimum atomic E-state index is -0.147. The van der Waals surface area contributed by atoms with Crippen LogP contribution in [0, 0.1) is 0 Å². The number of rotatable bonds is 5. The summed E-state index contributed by atoms with van der Waals surface area (Å²) in [5.74, 6) is 0.567. The molecule has 1 aromatic rings. The number of hydrogen-bond donors (Lipinski definition) is 3. The number of nitrogens with zero attached hydrogens (tertiary/aromatic N) is 2. The summed E-state index contributed by atoms with van der Waals surface area (Å²) in [6.07, 6.45) is 8.15. The highest BCUT2D eigenvalue weighted by Gasteiger charge is 2.15. The summed E-state index contributed by atoms with van der Waals surface area (Å²) in [4.78, 5) is 20.1. The molecule has 3 N–H and O–H groups in total. The van der Waals surface area contributed by atoms with Gasteiger partial charge in [-0.1, -0.05) is 12.8 Å². The predicted molar refractivity (Wildman–Crippen MR) is 99.7 cm³/mol. The molecule has 0 bridgehead atoms. The Bertz CT molecular complexity index is 474. The van der Waals surface area contributed by atoms with Gasteiger partial charge in [0.2, 0.25) is 5.91 Å².